The van der Waals surface area contributed by atoms with Gasteiger partial charge in [0.2, 0.25) is 0 Å². The summed E-state index contributed by atoms with van der Waals surface area (Å²) in [7, 11) is 0. The van der Waals surface area contributed by atoms with Crippen LogP contribution in [0.5, 0.6) is 5.75 Å². The molecule has 1 N–H and O–H groups in total. The Morgan fingerprint density at radius 3 is 2.14 bits per heavy atom. The number of rotatable bonds is 8. The van der Waals surface area contributed by atoms with Gasteiger partial charge in [-0.1, -0.05) is 25.5 Å². The van der Waals surface area contributed by atoms with E-state index in [-0.39, 0.29) is 5.75 Å². The van der Waals surface area contributed by atoms with E-state index in [2.05, 4.69) is 0 Å². The summed E-state index contributed by atoms with van der Waals surface area (Å²) in [5.41, 5.74) is -0.658. The molecule has 7 heteroatoms. The third-order valence-electron chi connectivity index (χ3n) is 5.47. The zero-order valence-corrected chi connectivity index (χ0v) is 17.4. The van der Waals surface area contributed by atoms with Crippen LogP contribution in [-0.2, 0) is 34.2 Å². The number of aromatic hydroxyl groups is 1. The Balaban J connectivity index is 1.89. The number of carbonyl (C=O) groups is 3. The molecule has 1 fully saturated rings. The van der Waals surface area contributed by atoms with Crippen LogP contribution >= 0.6 is 0 Å². The molecule has 1 saturated carbocycles. The molecule has 1 aromatic carbocycles. The van der Waals surface area contributed by atoms with Gasteiger partial charge in [-0.15, -0.1) is 0 Å². The average Bonchev–Trinajstić information content (AvgIpc) is 2.71. The van der Waals surface area contributed by atoms with E-state index in [1.807, 2.05) is 6.92 Å². The molecule has 0 unspecified atom stereocenters. The highest BCUT2D eigenvalue weighted by Crippen LogP contribution is 2.41. The largest absolute Gasteiger partial charge is 0.508 e. The lowest BCUT2D eigenvalue weighted by Crippen LogP contribution is -2.36. The molecule has 0 bridgehead atoms. The van der Waals surface area contributed by atoms with Crippen LogP contribution in [0, 0.1) is 5.41 Å². The molecule has 0 radical (unpaired) electrons. The van der Waals surface area contributed by atoms with Crippen LogP contribution in [0.1, 0.15) is 64.9 Å². The third kappa shape index (κ3) is 6.21. The number of carbonyl (C=O) groups excluding carboxylic acids is 3. The van der Waals surface area contributed by atoms with Crippen molar-refractivity contribution < 1.29 is 33.7 Å². The van der Waals surface area contributed by atoms with Gasteiger partial charge < -0.3 is 19.3 Å². The minimum Gasteiger partial charge on any atom is -0.508 e. The van der Waals surface area contributed by atoms with E-state index in [4.69, 9.17) is 14.2 Å². The summed E-state index contributed by atoms with van der Waals surface area (Å²) in [4.78, 5) is 36.0. The van der Waals surface area contributed by atoms with Gasteiger partial charge in [-0.2, -0.15) is 0 Å². The predicted octanol–water partition coefficient (Wildman–Crippen LogP) is 3.62. The predicted molar refractivity (Wildman–Crippen MR) is 105 cm³/mol. The standard InChI is InChI=1S/C22H30O7/c1-4-21(2,3)20(26)28-14-18(24)27-15-19(25)29-22(12-6-5-7-13-22)16-8-10-17(23)11-9-16/h8-11,23H,4-7,12-15H2,1-3H3. The quantitative estimate of drug-likeness (QED) is 0.520. The molecule has 160 valence electrons. The Kier molecular flexibility index (Phi) is 7.65. The molecular formula is C22H30O7. The third-order valence-corrected chi connectivity index (χ3v) is 5.47. The van der Waals surface area contributed by atoms with Gasteiger partial charge in [0.25, 0.3) is 0 Å². The van der Waals surface area contributed by atoms with Crippen LogP contribution in [0.15, 0.2) is 24.3 Å². The number of phenolic OH excluding ortho intramolecular Hbond substituents is 1. The summed E-state index contributed by atoms with van der Waals surface area (Å²) < 4.78 is 15.6. The van der Waals surface area contributed by atoms with E-state index in [0.717, 1.165) is 24.8 Å². The molecule has 7 nitrogen and oxygen atoms in total. The summed E-state index contributed by atoms with van der Waals surface area (Å²) in [6.07, 6.45) is 4.80. The second kappa shape index (κ2) is 9.76. The molecule has 0 aromatic heterocycles. The topological polar surface area (TPSA) is 99.1 Å². The monoisotopic (exact) mass is 406 g/mol. The van der Waals surface area contributed by atoms with E-state index >= 15 is 0 Å². The Morgan fingerprint density at radius 1 is 0.966 bits per heavy atom. The Hall–Kier alpha value is -2.57. The SMILES string of the molecule is CCC(C)(C)C(=O)OCC(=O)OCC(=O)OC1(c2ccc(O)cc2)CCCCC1. The average molecular weight is 406 g/mol. The molecule has 2 rings (SSSR count). The van der Waals surface area contributed by atoms with Gasteiger partial charge in [-0.3, -0.25) is 4.79 Å². The smallest absolute Gasteiger partial charge is 0.345 e. The van der Waals surface area contributed by atoms with Crippen LogP contribution in [0.3, 0.4) is 0 Å². The first-order chi connectivity index (χ1) is 13.7. The maximum absolute atomic E-state index is 12.3. The Labute approximate surface area is 171 Å². The minimum atomic E-state index is -0.801. The number of phenols is 1. The zero-order chi connectivity index (χ0) is 21.5. The molecule has 0 heterocycles. The number of hydrogen-bond donors (Lipinski definition) is 1. The molecule has 0 aliphatic heterocycles. The molecule has 1 aliphatic carbocycles. The van der Waals surface area contributed by atoms with Gasteiger partial charge in [0.15, 0.2) is 13.2 Å². The lowest BCUT2D eigenvalue weighted by molar-refractivity contribution is -0.177. The van der Waals surface area contributed by atoms with E-state index in [0.29, 0.717) is 19.3 Å². The van der Waals surface area contributed by atoms with Gasteiger partial charge in [0, 0.05) is 0 Å². The lowest BCUT2D eigenvalue weighted by atomic mass is 9.79. The van der Waals surface area contributed by atoms with Crippen molar-refractivity contribution in [2.75, 3.05) is 13.2 Å². The number of benzene rings is 1. The molecule has 0 spiro atoms. The van der Waals surface area contributed by atoms with Crippen LogP contribution in [0.4, 0.5) is 0 Å². The Morgan fingerprint density at radius 2 is 1.55 bits per heavy atom. The highest BCUT2D eigenvalue weighted by molar-refractivity contribution is 5.81. The molecule has 29 heavy (non-hydrogen) atoms. The van der Waals surface area contributed by atoms with Crippen molar-refractivity contribution in [1.29, 1.82) is 0 Å². The van der Waals surface area contributed by atoms with Gasteiger partial charge in [-0.25, -0.2) is 9.59 Å². The van der Waals surface area contributed by atoms with Crippen molar-refractivity contribution in [3.05, 3.63) is 29.8 Å². The number of esters is 3. The number of hydrogen-bond acceptors (Lipinski definition) is 7. The highest BCUT2D eigenvalue weighted by Gasteiger charge is 2.38. The minimum absolute atomic E-state index is 0.140. The van der Waals surface area contributed by atoms with E-state index in [1.54, 1.807) is 38.1 Å². The van der Waals surface area contributed by atoms with Crippen molar-refractivity contribution in [3.63, 3.8) is 0 Å². The molecule has 1 aliphatic rings. The van der Waals surface area contributed by atoms with Gasteiger partial charge in [-0.05, 0) is 63.6 Å². The molecule has 0 atom stereocenters. The summed E-state index contributed by atoms with van der Waals surface area (Å²) >= 11 is 0. The summed E-state index contributed by atoms with van der Waals surface area (Å²) in [6.45, 7) is 4.22. The fourth-order valence-corrected chi connectivity index (χ4v) is 3.23. The molecule has 0 saturated heterocycles. The second-order valence-corrected chi connectivity index (χ2v) is 8.05. The Bertz CT molecular complexity index is 715. The second-order valence-electron chi connectivity index (χ2n) is 8.05. The summed E-state index contributed by atoms with van der Waals surface area (Å²) in [6, 6.07) is 6.61. The van der Waals surface area contributed by atoms with Crippen molar-refractivity contribution in [1.82, 2.24) is 0 Å². The number of ether oxygens (including phenoxy) is 3. The zero-order valence-electron chi connectivity index (χ0n) is 17.4. The molecular weight excluding hydrogens is 376 g/mol. The van der Waals surface area contributed by atoms with Crippen molar-refractivity contribution in [2.45, 2.75) is 64.9 Å². The van der Waals surface area contributed by atoms with Crippen molar-refractivity contribution in [2.24, 2.45) is 5.41 Å². The maximum atomic E-state index is 12.3. The van der Waals surface area contributed by atoms with E-state index in [1.165, 1.54) is 0 Å². The van der Waals surface area contributed by atoms with Crippen molar-refractivity contribution >= 4 is 17.9 Å². The first-order valence-electron chi connectivity index (χ1n) is 10.0. The van der Waals surface area contributed by atoms with Crippen LogP contribution in [0.2, 0.25) is 0 Å². The first kappa shape index (κ1) is 22.7. The fraction of sp³-hybridized carbons (Fsp3) is 0.591. The summed E-state index contributed by atoms with van der Waals surface area (Å²) in [5, 5.41) is 9.52. The van der Waals surface area contributed by atoms with Crippen LogP contribution < -0.4 is 0 Å². The molecule has 0 amide bonds. The van der Waals surface area contributed by atoms with Crippen molar-refractivity contribution in [3.8, 4) is 5.75 Å². The fourth-order valence-electron chi connectivity index (χ4n) is 3.23. The highest BCUT2D eigenvalue weighted by atomic mass is 16.6. The normalized spacial score (nSPS) is 16.0. The van der Waals surface area contributed by atoms with Gasteiger partial charge in [0.05, 0.1) is 5.41 Å². The lowest BCUT2D eigenvalue weighted by Gasteiger charge is -2.37. The van der Waals surface area contributed by atoms with E-state index in [9.17, 15) is 19.5 Å². The summed E-state index contributed by atoms with van der Waals surface area (Å²) in [5.74, 6) is -1.81. The first-order valence-corrected chi connectivity index (χ1v) is 10.0. The maximum Gasteiger partial charge on any atom is 0.345 e. The van der Waals surface area contributed by atoms with Gasteiger partial charge >= 0.3 is 17.9 Å². The van der Waals surface area contributed by atoms with E-state index < -0.39 is 42.1 Å². The molecule has 1 aromatic rings. The van der Waals surface area contributed by atoms with Crippen LogP contribution in [-0.4, -0.2) is 36.2 Å². The van der Waals surface area contributed by atoms with Crippen LogP contribution in [0.25, 0.3) is 0 Å². The van der Waals surface area contributed by atoms with Gasteiger partial charge in [0.1, 0.15) is 11.4 Å².